The van der Waals surface area contributed by atoms with Crippen LogP contribution in [-0.4, -0.2) is 31.5 Å². The lowest BCUT2D eigenvalue weighted by Crippen LogP contribution is -2.26. The van der Waals surface area contributed by atoms with E-state index in [9.17, 15) is 18.5 Å². The Hall–Kier alpha value is -1.72. The molecule has 0 amide bonds. The van der Waals surface area contributed by atoms with Gasteiger partial charge < -0.3 is 14.0 Å². The van der Waals surface area contributed by atoms with Gasteiger partial charge in [-0.05, 0) is 31.2 Å². The Morgan fingerprint density at radius 2 is 1.90 bits per heavy atom. The van der Waals surface area contributed by atoms with Gasteiger partial charge in [0, 0.05) is 0 Å². The molecule has 1 aromatic rings. The maximum absolute atomic E-state index is 12.7. The number of ether oxygens (including phenoxy) is 2. The topological polar surface area (TPSA) is 78.9 Å². The van der Waals surface area contributed by atoms with Crippen LogP contribution in [0.25, 0.3) is 0 Å². The minimum absolute atomic E-state index is 0.0200. The number of hydrogen-bond acceptors (Lipinski definition) is 6. The summed E-state index contributed by atoms with van der Waals surface area (Å²) in [5.74, 6) is -4.03. The molecule has 8 heteroatoms. The van der Waals surface area contributed by atoms with Crippen LogP contribution in [0.2, 0.25) is 0 Å². The first-order valence-electron chi connectivity index (χ1n) is 5.70. The fourth-order valence-electron chi connectivity index (χ4n) is 1.28. The van der Waals surface area contributed by atoms with Crippen molar-refractivity contribution in [2.24, 2.45) is 0 Å². The maximum Gasteiger partial charge on any atom is 0.357 e. The van der Waals surface area contributed by atoms with E-state index in [4.69, 9.17) is 9.26 Å². The first-order valence-corrected chi connectivity index (χ1v) is 7.10. The van der Waals surface area contributed by atoms with Crippen LogP contribution >= 0.6 is 8.03 Å². The predicted molar refractivity (Wildman–Crippen MR) is 68.2 cm³/mol. The molecule has 2 atom stereocenters. The Kier molecular flexibility index (Phi) is 6.35. The van der Waals surface area contributed by atoms with Crippen molar-refractivity contribution in [3.05, 3.63) is 35.6 Å². The molecule has 0 fully saturated rings. The molecular weight excluding hydrogens is 290 g/mol. The summed E-state index contributed by atoms with van der Waals surface area (Å²) in [4.78, 5) is 23.2. The summed E-state index contributed by atoms with van der Waals surface area (Å²) < 4.78 is 38.4. The first kappa shape index (κ1) is 16.3. The van der Waals surface area contributed by atoms with Gasteiger partial charge in [0.05, 0.1) is 19.3 Å². The summed E-state index contributed by atoms with van der Waals surface area (Å²) in [7, 11) is -1.87. The third kappa shape index (κ3) is 4.43. The molecule has 2 unspecified atom stereocenters. The summed E-state index contributed by atoms with van der Waals surface area (Å²) in [6, 6.07) is 4.50. The predicted octanol–water partition coefficient (Wildman–Crippen LogP) is 1.99. The SMILES string of the molecule is CCO[PH](=O)C(OC(=O)c1ccc(F)cc1)C(=O)OC. The van der Waals surface area contributed by atoms with Crippen LogP contribution in [0.1, 0.15) is 17.3 Å². The fourth-order valence-corrected chi connectivity index (χ4v) is 2.23. The molecule has 0 heterocycles. The van der Waals surface area contributed by atoms with Crippen LogP contribution in [0, 0.1) is 5.82 Å². The smallest absolute Gasteiger partial charge is 0.357 e. The first-order chi connectivity index (χ1) is 9.49. The van der Waals surface area contributed by atoms with Gasteiger partial charge in [-0.3, -0.25) is 4.57 Å². The Labute approximate surface area is 115 Å². The van der Waals surface area contributed by atoms with Gasteiger partial charge in [-0.2, -0.15) is 0 Å². The van der Waals surface area contributed by atoms with Crippen molar-refractivity contribution >= 4 is 20.0 Å². The molecule has 0 aliphatic heterocycles. The second-order valence-corrected chi connectivity index (χ2v) is 5.02. The second kappa shape index (κ2) is 7.77. The largest absolute Gasteiger partial charge is 0.466 e. The van der Waals surface area contributed by atoms with Crippen LogP contribution in [0.3, 0.4) is 0 Å². The Balaban J connectivity index is 2.83. The highest BCUT2D eigenvalue weighted by molar-refractivity contribution is 7.41. The number of esters is 2. The molecule has 110 valence electrons. The lowest BCUT2D eigenvalue weighted by molar-refractivity contribution is -0.146. The Morgan fingerprint density at radius 1 is 1.30 bits per heavy atom. The molecule has 1 aromatic carbocycles. The second-order valence-electron chi connectivity index (χ2n) is 3.57. The number of carbonyl (C=O) groups excluding carboxylic acids is 2. The minimum atomic E-state index is -2.94. The van der Waals surface area contributed by atoms with E-state index in [0.717, 1.165) is 19.2 Å². The monoisotopic (exact) mass is 304 g/mol. The van der Waals surface area contributed by atoms with E-state index in [1.54, 1.807) is 6.92 Å². The third-order valence-electron chi connectivity index (χ3n) is 2.22. The van der Waals surface area contributed by atoms with Crippen molar-refractivity contribution in [3.63, 3.8) is 0 Å². The van der Waals surface area contributed by atoms with Crippen molar-refractivity contribution in [2.75, 3.05) is 13.7 Å². The van der Waals surface area contributed by atoms with E-state index in [1.807, 2.05) is 0 Å². The maximum atomic E-state index is 12.7. The van der Waals surface area contributed by atoms with Gasteiger partial charge in [0.1, 0.15) is 5.82 Å². The molecule has 0 saturated carbocycles. The zero-order chi connectivity index (χ0) is 15.1. The summed E-state index contributed by atoms with van der Waals surface area (Å²) in [5.41, 5.74) is 0.0200. The van der Waals surface area contributed by atoms with Crippen molar-refractivity contribution in [2.45, 2.75) is 12.8 Å². The number of carbonyl (C=O) groups is 2. The number of methoxy groups -OCH3 is 1. The van der Waals surface area contributed by atoms with Crippen LogP contribution in [0.5, 0.6) is 0 Å². The minimum Gasteiger partial charge on any atom is -0.466 e. The van der Waals surface area contributed by atoms with Crippen LogP contribution < -0.4 is 0 Å². The van der Waals surface area contributed by atoms with Gasteiger partial charge >= 0.3 is 11.9 Å². The third-order valence-corrected chi connectivity index (χ3v) is 3.58. The molecule has 0 aliphatic carbocycles. The van der Waals surface area contributed by atoms with Crippen molar-refractivity contribution in [1.82, 2.24) is 0 Å². The fraction of sp³-hybridized carbons (Fsp3) is 0.333. The van der Waals surface area contributed by atoms with E-state index in [-0.39, 0.29) is 12.2 Å². The van der Waals surface area contributed by atoms with Gasteiger partial charge in [0.25, 0.3) is 5.85 Å². The quantitative estimate of drug-likeness (QED) is 0.591. The molecular formula is C12H14FO6P. The normalized spacial score (nSPS) is 13.3. The number of hydrogen-bond donors (Lipinski definition) is 0. The summed E-state index contributed by atoms with van der Waals surface area (Å²) in [6.07, 6.45) is 0. The van der Waals surface area contributed by atoms with E-state index >= 15 is 0 Å². The highest BCUT2D eigenvalue weighted by Crippen LogP contribution is 2.31. The van der Waals surface area contributed by atoms with Gasteiger partial charge in [-0.15, -0.1) is 0 Å². The van der Waals surface area contributed by atoms with Gasteiger partial charge in [0.2, 0.25) is 8.03 Å². The number of benzene rings is 1. The molecule has 0 aromatic heterocycles. The Bertz CT molecular complexity index is 501. The average Bonchev–Trinajstić information content (AvgIpc) is 2.44. The highest BCUT2D eigenvalue weighted by atomic mass is 31.1. The van der Waals surface area contributed by atoms with Crippen LogP contribution in [0.4, 0.5) is 4.39 Å². The average molecular weight is 304 g/mol. The lowest BCUT2D eigenvalue weighted by atomic mass is 10.2. The molecule has 1 rings (SSSR count). The molecule has 0 bridgehead atoms. The zero-order valence-electron chi connectivity index (χ0n) is 10.9. The summed E-state index contributed by atoms with van der Waals surface area (Å²) in [6.45, 7) is 1.68. The molecule has 6 nitrogen and oxygen atoms in total. The van der Waals surface area contributed by atoms with E-state index in [1.165, 1.54) is 12.1 Å². The van der Waals surface area contributed by atoms with Crippen LogP contribution in [0.15, 0.2) is 24.3 Å². The van der Waals surface area contributed by atoms with E-state index < -0.39 is 31.6 Å². The molecule has 0 N–H and O–H groups in total. The molecule has 0 aliphatic rings. The number of halogens is 1. The van der Waals surface area contributed by atoms with Crippen molar-refractivity contribution < 1.29 is 32.5 Å². The molecule has 0 radical (unpaired) electrons. The Morgan fingerprint density at radius 3 is 2.40 bits per heavy atom. The molecule has 0 saturated heterocycles. The van der Waals surface area contributed by atoms with Gasteiger partial charge in [-0.25, -0.2) is 14.0 Å². The summed E-state index contributed by atoms with van der Waals surface area (Å²) >= 11 is 0. The van der Waals surface area contributed by atoms with Crippen molar-refractivity contribution in [3.8, 4) is 0 Å². The van der Waals surface area contributed by atoms with Gasteiger partial charge in [-0.1, -0.05) is 0 Å². The summed E-state index contributed by atoms with van der Waals surface area (Å²) in [5, 5.41) is 0. The van der Waals surface area contributed by atoms with Crippen LogP contribution in [-0.2, 0) is 23.4 Å². The number of rotatable bonds is 6. The van der Waals surface area contributed by atoms with Gasteiger partial charge in [0.15, 0.2) is 0 Å². The molecule has 20 heavy (non-hydrogen) atoms. The lowest BCUT2D eigenvalue weighted by Gasteiger charge is -2.15. The van der Waals surface area contributed by atoms with E-state index in [0.29, 0.717) is 0 Å². The van der Waals surface area contributed by atoms with Crippen molar-refractivity contribution in [1.29, 1.82) is 0 Å². The standard InChI is InChI=1S/C12H14FO6P/c1-3-18-20(16)12(11(15)17-2)19-10(14)8-4-6-9(13)7-5-8/h4-7,12,20H,3H2,1-2H3. The van der Waals surface area contributed by atoms with E-state index in [2.05, 4.69) is 4.74 Å². The molecule has 0 spiro atoms. The zero-order valence-corrected chi connectivity index (χ0v) is 11.9. The highest BCUT2D eigenvalue weighted by Gasteiger charge is 2.31.